The van der Waals surface area contributed by atoms with Crippen molar-refractivity contribution in [3.05, 3.63) is 41.1 Å². The van der Waals surface area contributed by atoms with Crippen LogP contribution in [0.1, 0.15) is 58.1 Å². The molecule has 2 heterocycles. The summed E-state index contributed by atoms with van der Waals surface area (Å²) >= 11 is 1.67. The topological polar surface area (TPSA) is 69.0 Å². The number of nitrogens with one attached hydrogen (secondary N) is 1. The highest BCUT2D eigenvalue weighted by atomic mass is 32.2. The predicted molar refractivity (Wildman–Crippen MR) is 115 cm³/mol. The van der Waals surface area contributed by atoms with Gasteiger partial charge in [-0.15, -0.1) is 5.10 Å². The van der Waals surface area contributed by atoms with Gasteiger partial charge in [-0.25, -0.2) is 4.68 Å². The highest BCUT2D eigenvalue weighted by Gasteiger charge is 2.41. The standard InChI is InChI=1S/C22H28N4O2S/c1-5-6-11-29-21-24-20-23-16-12-22(2,3)13-17(27)18(16)19(26(20)25-21)14-7-9-15(28-4)10-8-14/h7-10,19H,5-6,11-13H2,1-4H3,(H,23,24,25). The van der Waals surface area contributed by atoms with E-state index in [4.69, 9.17) is 14.8 Å². The number of ketones is 1. The van der Waals surface area contributed by atoms with Gasteiger partial charge in [0.1, 0.15) is 11.8 Å². The van der Waals surface area contributed by atoms with Gasteiger partial charge in [0.25, 0.3) is 0 Å². The van der Waals surface area contributed by atoms with E-state index in [-0.39, 0.29) is 17.2 Å². The SMILES string of the molecule is CCCCSc1nc2n(n1)C(c1ccc(OC)cc1)C1=C(CC(C)(C)CC1=O)N2. The van der Waals surface area contributed by atoms with Gasteiger partial charge in [0.2, 0.25) is 11.1 Å². The number of anilines is 1. The number of carbonyl (C=O) groups excluding carboxylic acids is 1. The summed E-state index contributed by atoms with van der Waals surface area (Å²) in [7, 11) is 1.66. The molecule has 6 nitrogen and oxygen atoms in total. The summed E-state index contributed by atoms with van der Waals surface area (Å²) < 4.78 is 7.19. The Bertz CT molecular complexity index is 946. The van der Waals surface area contributed by atoms with Crippen molar-refractivity contribution >= 4 is 23.5 Å². The fourth-order valence-corrected chi connectivity index (χ4v) is 4.97. The van der Waals surface area contributed by atoms with Gasteiger partial charge in [-0.3, -0.25) is 4.79 Å². The summed E-state index contributed by atoms with van der Waals surface area (Å²) in [4.78, 5) is 17.9. The van der Waals surface area contributed by atoms with Crippen LogP contribution in [0.3, 0.4) is 0 Å². The summed E-state index contributed by atoms with van der Waals surface area (Å²) in [5, 5.41) is 8.96. The third kappa shape index (κ3) is 3.92. The van der Waals surface area contributed by atoms with Crippen molar-refractivity contribution < 1.29 is 9.53 Å². The van der Waals surface area contributed by atoms with Gasteiger partial charge < -0.3 is 10.1 Å². The van der Waals surface area contributed by atoms with E-state index in [2.05, 4.69) is 26.1 Å². The molecule has 0 radical (unpaired) electrons. The van der Waals surface area contributed by atoms with Gasteiger partial charge in [0.05, 0.1) is 7.11 Å². The van der Waals surface area contributed by atoms with E-state index in [1.807, 2.05) is 28.9 Å². The molecule has 1 aliphatic heterocycles. The summed E-state index contributed by atoms with van der Waals surface area (Å²) in [5.41, 5.74) is 2.76. The summed E-state index contributed by atoms with van der Waals surface area (Å²) in [5.74, 6) is 2.69. The Labute approximate surface area is 176 Å². The number of allylic oxidation sites excluding steroid dienone is 2. The van der Waals surface area contributed by atoms with Gasteiger partial charge in [-0.05, 0) is 36.0 Å². The lowest BCUT2D eigenvalue weighted by molar-refractivity contribution is -0.118. The zero-order valence-electron chi connectivity index (χ0n) is 17.5. The van der Waals surface area contributed by atoms with Gasteiger partial charge in [0, 0.05) is 23.4 Å². The normalized spacial score (nSPS) is 20.1. The fraction of sp³-hybridized carbons (Fsp3) is 0.500. The van der Waals surface area contributed by atoms with Crippen LogP contribution >= 0.6 is 11.8 Å². The third-order valence-corrected chi connectivity index (χ3v) is 6.40. The van der Waals surface area contributed by atoms with Crippen LogP contribution in [0.5, 0.6) is 5.75 Å². The lowest BCUT2D eigenvalue weighted by atomic mass is 9.73. The zero-order valence-corrected chi connectivity index (χ0v) is 18.3. The van der Waals surface area contributed by atoms with Crippen LogP contribution in [0, 0.1) is 5.41 Å². The molecule has 0 fully saturated rings. The van der Waals surface area contributed by atoms with E-state index >= 15 is 0 Å². The van der Waals surface area contributed by atoms with E-state index in [9.17, 15) is 4.79 Å². The van der Waals surface area contributed by atoms with Gasteiger partial charge in [0.15, 0.2) is 5.78 Å². The molecular formula is C22H28N4O2S. The number of nitrogens with zero attached hydrogens (tertiary/aromatic N) is 3. The number of thioether (sulfide) groups is 1. The Kier molecular flexibility index (Phi) is 5.42. The molecule has 2 aromatic rings. The second kappa shape index (κ2) is 7.86. The number of aromatic nitrogens is 3. The Morgan fingerprint density at radius 3 is 2.72 bits per heavy atom. The predicted octanol–water partition coefficient (Wildman–Crippen LogP) is 4.84. The van der Waals surface area contributed by atoms with Crippen molar-refractivity contribution in [1.82, 2.24) is 14.8 Å². The van der Waals surface area contributed by atoms with Crippen LogP contribution in [-0.4, -0.2) is 33.4 Å². The van der Waals surface area contributed by atoms with E-state index in [0.29, 0.717) is 12.4 Å². The Morgan fingerprint density at radius 1 is 1.28 bits per heavy atom. The average molecular weight is 413 g/mol. The van der Waals surface area contributed by atoms with Crippen molar-refractivity contribution in [3.63, 3.8) is 0 Å². The Balaban J connectivity index is 1.77. The molecule has 2 aliphatic rings. The Morgan fingerprint density at radius 2 is 2.03 bits per heavy atom. The maximum Gasteiger partial charge on any atom is 0.227 e. The van der Waals surface area contributed by atoms with Gasteiger partial charge >= 0.3 is 0 Å². The minimum absolute atomic E-state index is 0.0612. The number of benzene rings is 1. The number of Topliss-reactive ketones (excluding diaryl/α,β-unsaturated/α-hetero) is 1. The van der Waals surface area contributed by atoms with Crippen molar-refractivity contribution in [2.24, 2.45) is 5.41 Å². The van der Waals surface area contributed by atoms with Crippen LogP contribution in [0.2, 0.25) is 0 Å². The maximum atomic E-state index is 13.2. The lowest BCUT2D eigenvalue weighted by Gasteiger charge is -2.38. The van der Waals surface area contributed by atoms with Crippen LogP contribution in [0.4, 0.5) is 5.95 Å². The number of methoxy groups -OCH3 is 1. The number of unbranched alkanes of at least 4 members (excludes halogenated alkanes) is 1. The summed E-state index contributed by atoms with van der Waals surface area (Å²) in [6.07, 6.45) is 3.65. The molecule has 1 N–H and O–H groups in total. The van der Waals surface area contributed by atoms with Crippen molar-refractivity contribution in [2.45, 2.75) is 57.7 Å². The van der Waals surface area contributed by atoms with Crippen LogP contribution < -0.4 is 10.1 Å². The molecule has 1 aliphatic carbocycles. The minimum atomic E-state index is -0.260. The highest BCUT2D eigenvalue weighted by molar-refractivity contribution is 7.99. The molecule has 0 amide bonds. The monoisotopic (exact) mass is 412 g/mol. The summed E-state index contributed by atoms with van der Waals surface area (Å²) in [6, 6.07) is 7.64. The van der Waals surface area contributed by atoms with Crippen molar-refractivity contribution in [1.29, 1.82) is 0 Å². The largest absolute Gasteiger partial charge is 0.497 e. The first kappa shape index (κ1) is 20.0. The number of ether oxygens (including phenoxy) is 1. The van der Waals surface area contributed by atoms with Crippen LogP contribution in [-0.2, 0) is 4.79 Å². The van der Waals surface area contributed by atoms with Crippen LogP contribution in [0.15, 0.2) is 40.7 Å². The van der Waals surface area contributed by atoms with Gasteiger partial charge in [-0.1, -0.05) is 51.1 Å². The smallest absolute Gasteiger partial charge is 0.227 e. The first-order valence-electron chi connectivity index (χ1n) is 10.2. The maximum absolute atomic E-state index is 13.2. The molecule has 154 valence electrons. The van der Waals surface area contributed by atoms with E-state index < -0.39 is 0 Å². The fourth-order valence-electron chi connectivity index (χ4n) is 4.05. The van der Waals surface area contributed by atoms with E-state index in [1.165, 1.54) is 0 Å². The van der Waals surface area contributed by atoms with Crippen LogP contribution in [0.25, 0.3) is 0 Å². The molecule has 0 spiro atoms. The molecular weight excluding hydrogens is 384 g/mol. The molecule has 29 heavy (non-hydrogen) atoms. The number of rotatable bonds is 6. The van der Waals surface area contributed by atoms with E-state index in [0.717, 1.165) is 52.8 Å². The second-order valence-electron chi connectivity index (χ2n) is 8.50. The number of hydrogen-bond acceptors (Lipinski definition) is 6. The summed E-state index contributed by atoms with van der Waals surface area (Å²) in [6.45, 7) is 6.47. The van der Waals surface area contributed by atoms with E-state index in [1.54, 1.807) is 18.9 Å². The third-order valence-electron chi connectivity index (χ3n) is 5.47. The van der Waals surface area contributed by atoms with Gasteiger partial charge in [-0.2, -0.15) is 4.98 Å². The average Bonchev–Trinajstić information content (AvgIpc) is 3.08. The molecule has 1 aromatic heterocycles. The first-order valence-corrected chi connectivity index (χ1v) is 11.2. The molecule has 0 saturated heterocycles. The highest BCUT2D eigenvalue weighted by Crippen LogP contribution is 2.45. The molecule has 1 unspecified atom stereocenters. The zero-order chi connectivity index (χ0) is 20.6. The number of hydrogen-bond donors (Lipinski definition) is 1. The van der Waals surface area contributed by atoms with Crippen molar-refractivity contribution in [2.75, 3.05) is 18.2 Å². The molecule has 7 heteroatoms. The Hall–Kier alpha value is -2.28. The second-order valence-corrected chi connectivity index (χ2v) is 9.56. The quantitative estimate of drug-likeness (QED) is 0.541. The number of carbonyl (C=O) groups is 1. The number of fused-ring (bicyclic) bond motifs is 1. The molecule has 4 rings (SSSR count). The minimum Gasteiger partial charge on any atom is -0.497 e. The van der Waals surface area contributed by atoms with Crippen molar-refractivity contribution in [3.8, 4) is 5.75 Å². The molecule has 0 bridgehead atoms. The lowest BCUT2D eigenvalue weighted by Crippen LogP contribution is -2.36. The molecule has 1 atom stereocenters. The molecule has 0 saturated carbocycles. The first-order chi connectivity index (χ1) is 13.9. The molecule has 1 aromatic carbocycles.